The molecule has 9 amide bonds. The second-order valence-electron chi connectivity index (χ2n) is 26.6. The van der Waals surface area contributed by atoms with Gasteiger partial charge in [-0.05, 0) is 125 Å². The van der Waals surface area contributed by atoms with Gasteiger partial charge < -0.3 is 72.5 Å². The number of ether oxygens (including phenoxy) is 6. The highest BCUT2D eigenvalue weighted by atomic mass is 16.6. The summed E-state index contributed by atoms with van der Waals surface area (Å²) in [6.07, 6.45) is -4.10. The van der Waals surface area contributed by atoms with Gasteiger partial charge in [-0.15, -0.1) is 0 Å². The Bertz CT molecular complexity index is 1800. The van der Waals surface area contributed by atoms with E-state index in [1.54, 1.807) is 125 Å². The van der Waals surface area contributed by atoms with Gasteiger partial charge in [0.2, 0.25) is 17.7 Å². The van der Waals surface area contributed by atoms with Gasteiger partial charge in [0.1, 0.15) is 33.6 Å². The van der Waals surface area contributed by atoms with Gasteiger partial charge in [0.25, 0.3) is 0 Å². The van der Waals surface area contributed by atoms with Crippen molar-refractivity contribution in [3.63, 3.8) is 0 Å². The average Bonchev–Trinajstić information content (AvgIpc) is 3.70. The molecule has 4 fully saturated rings. The quantitative estimate of drug-likeness (QED) is 0.304. The molecule has 0 aromatic heterocycles. The van der Waals surface area contributed by atoms with E-state index >= 15 is 14.4 Å². The van der Waals surface area contributed by atoms with Crippen LogP contribution in [0.15, 0.2) is 0 Å². The summed E-state index contributed by atoms with van der Waals surface area (Å²) in [5.74, 6) is -4.53. The van der Waals surface area contributed by atoms with E-state index in [9.17, 15) is 28.8 Å². The van der Waals surface area contributed by atoms with E-state index in [0.29, 0.717) is 0 Å². The minimum absolute atomic E-state index is 0.0343. The Labute approximate surface area is 462 Å². The SMILES string of the molecule is CC(C)(C)OC(=O)N1CCN(C(=O)OC(C)(C)C)CC(C(=O)N2CCN(C(=O)C3CN(C(=O)OC(C)(C)C)CCN(C(=O)OC(C)(C)C)C3)CCN(C(=O)C3CN(C(=O)OC(C)(C)C)CCN(C(=O)OC(C)(C)C)C3)CC2)C1. The highest BCUT2D eigenvalue weighted by Gasteiger charge is 2.42. The van der Waals surface area contributed by atoms with Crippen LogP contribution in [0.25, 0.3) is 0 Å². The van der Waals surface area contributed by atoms with E-state index in [2.05, 4.69) is 0 Å². The highest BCUT2D eigenvalue weighted by Crippen LogP contribution is 2.25. The van der Waals surface area contributed by atoms with Gasteiger partial charge in [-0.2, -0.15) is 0 Å². The number of amides is 9. The third-order valence-corrected chi connectivity index (χ3v) is 12.4. The Hall–Kier alpha value is -5.97. The van der Waals surface area contributed by atoms with Crippen LogP contribution in [0.4, 0.5) is 28.8 Å². The molecule has 24 heteroatoms. The highest BCUT2D eigenvalue weighted by molar-refractivity contribution is 5.84. The second kappa shape index (κ2) is 25.4. The first kappa shape index (κ1) is 64.6. The monoisotopic (exact) mass is 1110 g/mol. The lowest BCUT2D eigenvalue weighted by atomic mass is 10.1. The zero-order chi connectivity index (χ0) is 59.1. The van der Waals surface area contributed by atoms with Crippen molar-refractivity contribution in [2.45, 2.75) is 158 Å². The molecule has 4 rings (SSSR count). The Morgan fingerprint density at radius 2 is 0.346 bits per heavy atom. The Kier molecular flexibility index (Phi) is 21.0. The maximum atomic E-state index is 15.3. The van der Waals surface area contributed by atoms with Crippen molar-refractivity contribution in [1.29, 1.82) is 0 Å². The third kappa shape index (κ3) is 21.0. The van der Waals surface area contributed by atoms with Crippen LogP contribution >= 0.6 is 0 Å². The molecule has 0 aromatic rings. The van der Waals surface area contributed by atoms with Crippen LogP contribution in [0, 0.1) is 17.8 Å². The van der Waals surface area contributed by atoms with Crippen molar-refractivity contribution in [2.75, 3.05) is 118 Å². The van der Waals surface area contributed by atoms with E-state index in [-0.39, 0.29) is 118 Å². The molecule has 24 nitrogen and oxygen atoms in total. The van der Waals surface area contributed by atoms with Crippen molar-refractivity contribution in [2.24, 2.45) is 17.8 Å². The Morgan fingerprint density at radius 3 is 0.462 bits per heavy atom. The minimum Gasteiger partial charge on any atom is -0.444 e. The third-order valence-electron chi connectivity index (χ3n) is 12.4. The van der Waals surface area contributed by atoms with Crippen molar-refractivity contribution >= 4 is 54.3 Å². The Balaban J connectivity index is 1.82. The summed E-state index contributed by atoms with van der Waals surface area (Å²) in [6, 6.07) is 0. The number of carbonyl (C=O) groups excluding carboxylic acids is 9. The van der Waals surface area contributed by atoms with Gasteiger partial charge >= 0.3 is 36.6 Å². The number of rotatable bonds is 3. The first-order chi connectivity index (χ1) is 35.6. The fourth-order valence-corrected chi connectivity index (χ4v) is 8.96. The number of hydrogen-bond donors (Lipinski definition) is 0. The van der Waals surface area contributed by atoms with E-state index in [4.69, 9.17) is 28.4 Å². The molecule has 0 atom stereocenters. The first-order valence-corrected chi connectivity index (χ1v) is 27.3. The molecule has 0 aromatic carbocycles. The standard InChI is InChI=1S/C54H93N9O15/c1-49(2,3)73-43(67)58-25-26-59(44(68)74-50(4,5)6)32-37(31-58)40(64)55-19-21-56(41(65)38-33-60(45(69)75-51(7,8)9)27-28-61(34-38)46(70)76-52(10,11)12)23-24-57(22-20-55)42(66)39-35-62(47(71)77-53(13,14)15)29-30-63(36-39)48(72)78-54(16,17)18/h37-39H,19-36H2,1-18H3. The lowest BCUT2D eigenvalue weighted by Gasteiger charge is -2.33. The summed E-state index contributed by atoms with van der Waals surface area (Å²) in [4.78, 5) is 141. The maximum absolute atomic E-state index is 15.3. The first-order valence-electron chi connectivity index (χ1n) is 27.3. The molecule has 0 saturated carbocycles. The summed E-state index contributed by atoms with van der Waals surface area (Å²) >= 11 is 0. The molecular formula is C54H93N9O15. The predicted octanol–water partition coefficient (Wildman–Crippen LogP) is 5.80. The second-order valence-corrected chi connectivity index (χ2v) is 26.6. The molecule has 444 valence electrons. The van der Waals surface area contributed by atoms with Crippen LogP contribution in [-0.4, -0.2) is 250 Å². The van der Waals surface area contributed by atoms with Crippen LogP contribution in [0.1, 0.15) is 125 Å². The molecule has 0 N–H and O–H groups in total. The summed E-state index contributed by atoms with van der Waals surface area (Å²) < 4.78 is 34.5. The summed E-state index contributed by atoms with van der Waals surface area (Å²) in [7, 11) is 0. The van der Waals surface area contributed by atoms with Gasteiger partial charge in [-0.1, -0.05) is 0 Å². The lowest BCUT2D eigenvalue weighted by molar-refractivity contribution is -0.140. The molecule has 4 heterocycles. The van der Waals surface area contributed by atoms with Crippen LogP contribution in [0.3, 0.4) is 0 Å². The Morgan fingerprint density at radius 1 is 0.231 bits per heavy atom. The van der Waals surface area contributed by atoms with Crippen molar-refractivity contribution in [3.8, 4) is 0 Å². The summed E-state index contributed by atoms with van der Waals surface area (Å²) in [5, 5.41) is 0. The zero-order valence-electron chi connectivity index (χ0n) is 50.1. The van der Waals surface area contributed by atoms with Crippen molar-refractivity contribution in [1.82, 2.24) is 44.1 Å². The molecule has 0 radical (unpaired) electrons. The van der Waals surface area contributed by atoms with E-state index in [1.165, 1.54) is 44.1 Å². The van der Waals surface area contributed by atoms with Crippen LogP contribution < -0.4 is 0 Å². The van der Waals surface area contributed by atoms with E-state index in [0.717, 1.165) is 0 Å². The molecule has 4 saturated heterocycles. The molecule has 4 aliphatic heterocycles. The molecule has 4 aliphatic rings. The summed E-state index contributed by atoms with van der Waals surface area (Å²) in [5.41, 5.74) is -5.27. The fourth-order valence-electron chi connectivity index (χ4n) is 8.96. The smallest absolute Gasteiger partial charge is 0.410 e. The molecule has 0 unspecified atom stereocenters. The summed E-state index contributed by atoms with van der Waals surface area (Å²) in [6.45, 7) is 30.0. The van der Waals surface area contributed by atoms with Crippen LogP contribution in [0.5, 0.6) is 0 Å². The minimum atomic E-state index is -1.03. The van der Waals surface area contributed by atoms with Crippen molar-refractivity contribution in [3.05, 3.63) is 0 Å². The topological polar surface area (TPSA) is 238 Å². The fraction of sp³-hybridized carbons (Fsp3) is 0.833. The normalized spacial score (nSPS) is 19.1. The molecule has 0 spiro atoms. The van der Waals surface area contributed by atoms with Gasteiger partial charge in [0.05, 0.1) is 17.8 Å². The molecule has 78 heavy (non-hydrogen) atoms. The molecule has 0 bridgehead atoms. The van der Waals surface area contributed by atoms with E-state index < -0.39 is 106 Å². The van der Waals surface area contributed by atoms with Gasteiger partial charge in [0, 0.05) is 118 Å². The molecule has 0 aliphatic carbocycles. The van der Waals surface area contributed by atoms with Gasteiger partial charge in [-0.3, -0.25) is 14.4 Å². The maximum Gasteiger partial charge on any atom is 0.410 e. The van der Waals surface area contributed by atoms with E-state index in [1.807, 2.05) is 0 Å². The van der Waals surface area contributed by atoms with Crippen molar-refractivity contribution < 1.29 is 71.6 Å². The largest absolute Gasteiger partial charge is 0.444 e. The van der Waals surface area contributed by atoms with Gasteiger partial charge in [0.15, 0.2) is 0 Å². The van der Waals surface area contributed by atoms with Crippen LogP contribution in [0.2, 0.25) is 0 Å². The number of nitrogens with zero attached hydrogens (tertiary/aromatic N) is 9. The lowest BCUT2D eigenvalue weighted by Crippen LogP contribution is -2.50. The zero-order valence-corrected chi connectivity index (χ0v) is 50.1. The van der Waals surface area contributed by atoms with Gasteiger partial charge in [-0.25, -0.2) is 28.8 Å². The molecular weight excluding hydrogens is 1010 g/mol. The predicted molar refractivity (Wildman–Crippen MR) is 287 cm³/mol. The van der Waals surface area contributed by atoms with Crippen LogP contribution in [-0.2, 0) is 42.8 Å². The number of hydrogen-bond acceptors (Lipinski definition) is 15. The number of carbonyl (C=O) groups is 9. The average molecular weight is 1110 g/mol.